The molecule has 0 saturated carbocycles. The number of anilines is 1. The zero-order valence-corrected chi connectivity index (χ0v) is 17.6. The van der Waals surface area contributed by atoms with Crippen LogP contribution in [0.2, 0.25) is 0 Å². The summed E-state index contributed by atoms with van der Waals surface area (Å²) in [6, 6.07) is 8.88. The Bertz CT molecular complexity index is 1340. The summed E-state index contributed by atoms with van der Waals surface area (Å²) in [6.07, 6.45) is -2.91. The number of alkyl halides is 3. The van der Waals surface area contributed by atoms with Gasteiger partial charge in [0.2, 0.25) is 0 Å². The fourth-order valence-corrected chi connectivity index (χ4v) is 3.27. The fraction of sp³-hybridized carbons (Fsp3) is 0.190. The number of carboxylic acids is 1. The van der Waals surface area contributed by atoms with Crippen LogP contribution in [0.1, 0.15) is 5.56 Å². The number of carbonyl (C=O) groups is 1. The minimum absolute atomic E-state index is 0.00266. The van der Waals surface area contributed by atoms with Crippen LogP contribution in [0.5, 0.6) is 0 Å². The summed E-state index contributed by atoms with van der Waals surface area (Å²) in [5.41, 5.74) is 0.935. The van der Waals surface area contributed by atoms with Crippen molar-refractivity contribution in [1.29, 1.82) is 0 Å². The number of nitrogens with zero attached hydrogens (tertiary/aromatic N) is 6. The lowest BCUT2D eigenvalue weighted by Crippen LogP contribution is -2.39. The van der Waals surface area contributed by atoms with Gasteiger partial charge in [-0.3, -0.25) is 9.48 Å². The lowest BCUT2D eigenvalue weighted by atomic mass is 10.2. The predicted molar refractivity (Wildman–Crippen MR) is 110 cm³/mol. The zero-order valence-electron chi connectivity index (χ0n) is 17.6. The molecule has 9 nitrogen and oxygen atoms in total. The van der Waals surface area contributed by atoms with Crippen LogP contribution in [0.15, 0.2) is 53.4 Å². The summed E-state index contributed by atoms with van der Waals surface area (Å²) in [5, 5.41) is 17.1. The van der Waals surface area contributed by atoms with Crippen LogP contribution >= 0.6 is 0 Å². The average molecular weight is 494 g/mol. The van der Waals surface area contributed by atoms with Gasteiger partial charge in [-0.05, 0) is 12.1 Å². The number of carboxylic acid groups (broad SMARTS) is 1. The molecule has 3 aromatic heterocycles. The maximum Gasteiger partial charge on any atom is 0.405 e. The number of hydrogen-bond acceptors (Lipinski definition) is 7. The van der Waals surface area contributed by atoms with Crippen LogP contribution < -0.4 is 4.90 Å². The summed E-state index contributed by atoms with van der Waals surface area (Å²) >= 11 is 0. The van der Waals surface area contributed by atoms with Gasteiger partial charge in [-0.25, -0.2) is 18.7 Å². The number of rotatable bonds is 8. The largest absolute Gasteiger partial charge is 0.480 e. The highest BCUT2D eigenvalue weighted by Gasteiger charge is 2.34. The van der Waals surface area contributed by atoms with Gasteiger partial charge in [0.05, 0.1) is 18.4 Å². The third kappa shape index (κ3) is 5.59. The third-order valence-electron chi connectivity index (χ3n) is 4.71. The first-order chi connectivity index (χ1) is 16.6. The molecule has 182 valence electrons. The molecule has 0 atom stereocenters. The highest BCUT2D eigenvalue weighted by atomic mass is 19.4. The molecule has 0 fully saturated rings. The molecule has 1 N–H and O–H groups in total. The molecule has 0 amide bonds. The van der Waals surface area contributed by atoms with E-state index >= 15 is 0 Å². The van der Waals surface area contributed by atoms with E-state index in [4.69, 9.17) is 9.63 Å². The first-order valence-corrected chi connectivity index (χ1v) is 9.89. The van der Waals surface area contributed by atoms with Crippen molar-refractivity contribution in [2.45, 2.75) is 12.7 Å². The van der Waals surface area contributed by atoms with Crippen LogP contribution in [0, 0.1) is 11.6 Å². The van der Waals surface area contributed by atoms with Gasteiger partial charge in [0.15, 0.2) is 17.5 Å². The van der Waals surface area contributed by atoms with Crippen molar-refractivity contribution < 1.29 is 36.4 Å². The number of halogens is 5. The molecule has 0 aliphatic carbocycles. The second kappa shape index (κ2) is 9.48. The zero-order chi connectivity index (χ0) is 25.2. The number of benzene rings is 1. The average Bonchev–Trinajstić information content (AvgIpc) is 3.44. The molecule has 0 spiro atoms. The number of aliphatic carboxylic acids is 1. The summed E-state index contributed by atoms with van der Waals surface area (Å²) in [7, 11) is 0. The molecule has 4 rings (SSSR count). The Morgan fingerprint density at radius 2 is 1.89 bits per heavy atom. The maximum absolute atomic E-state index is 14.4. The van der Waals surface area contributed by atoms with Crippen LogP contribution in [0.25, 0.3) is 22.9 Å². The van der Waals surface area contributed by atoms with Gasteiger partial charge in [0.25, 0.3) is 0 Å². The standard InChI is InChI=1S/C21H15F5N6O3/c22-13-4-2-1-3-12(13)9-32-17(15-5-6-35-30-15)7-16(29-32)19-27-8-14(23)20(28-19)31(10-18(33)34)11-21(24,25)26/h1-8H,9-11H2,(H,33,34). The van der Waals surface area contributed by atoms with Crippen molar-refractivity contribution in [3.05, 3.63) is 66.1 Å². The fourth-order valence-electron chi connectivity index (χ4n) is 3.27. The quantitative estimate of drug-likeness (QED) is 0.369. The van der Waals surface area contributed by atoms with Gasteiger partial charge in [-0.2, -0.15) is 18.3 Å². The van der Waals surface area contributed by atoms with Gasteiger partial charge in [0.1, 0.15) is 36.6 Å². The lowest BCUT2D eigenvalue weighted by molar-refractivity contribution is -0.136. The molecular weight excluding hydrogens is 479 g/mol. The van der Waals surface area contributed by atoms with Crippen LogP contribution in [0.4, 0.5) is 27.8 Å². The van der Waals surface area contributed by atoms with E-state index in [0.717, 1.165) is 0 Å². The van der Waals surface area contributed by atoms with Crippen LogP contribution in [0.3, 0.4) is 0 Å². The van der Waals surface area contributed by atoms with Crippen LogP contribution in [-0.2, 0) is 11.3 Å². The van der Waals surface area contributed by atoms with E-state index in [-0.39, 0.29) is 28.5 Å². The lowest BCUT2D eigenvalue weighted by Gasteiger charge is -2.23. The van der Waals surface area contributed by atoms with Crippen LogP contribution in [-0.4, -0.2) is 55.2 Å². The maximum atomic E-state index is 14.4. The summed E-state index contributed by atoms with van der Waals surface area (Å²) in [4.78, 5) is 18.9. The van der Waals surface area contributed by atoms with Crippen molar-refractivity contribution in [3.8, 4) is 22.9 Å². The van der Waals surface area contributed by atoms with Gasteiger partial charge < -0.3 is 14.5 Å². The molecule has 0 aliphatic rings. The second-order valence-electron chi connectivity index (χ2n) is 7.28. The smallest absolute Gasteiger partial charge is 0.405 e. The van der Waals surface area contributed by atoms with E-state index in [1.165, 1.54) is 41.3 Å². The van der Waals surface area contributed by atoms with Crippen molar-refractivity contribution in [1.82, 2.24) is 24.9 Å². The topological polar surface area (TPSA) is 110 Å². The number of aromatic nitrogens is 5. The first kappa shape index (κ1) is 23.8. The van der Waals surface area contributed by atoms with E-state index in [1.54, 1.807) is 6.07 Å². The molecule has 3 heterocycles. The molecule has 35 heavy (non-hydrogen) atoms. The Balaban J connectivity index is 1.77. The Labute approximate surface area is 193 Å². The van der Waals surface area contributed by atoms with Crippen molar-refractivity contribution in [2.24, 2.45) is 0 Å². The minimum Gasteiger partial charge on any atom is -0.480 e. The minimum atomic E-state index is -4.82. The molecule has 0 unspecified atom stereocenters. The Hall–Kier alpha value is -4.36. The Morgan fingerprint density at radius 1 is 1.11 bits per heavy atom. The molecule has 0 saturated heterocycles. The summed E-state index contributed by atoms with van der Waals surface area (Å²) in [6.45, 7) is -2.96. The SMILES string of the molecule is O=C(O)CN(CC(F)(F)F)c1nc(-c2cc(-c3ccon3)n(Cc3ccccc3F)n2)ncc1F. The van der Waals surface area contributed by atoms with Crippen molar-refractivity contribution in [3.63, 3.8) is 0 Å². The summed E-state index contributed by atoms with van der Waals surface area (Å²) < 4.78 is 73.8. The molecule has 1 aromatic carbocycles. The van der Waals surface area contributed by atoms with Crippen molar-refractivity contribution >= 4 is 11.8 Å². The van der Waals surface area contributed by atoms with Gasteiger partial charge in [0, 0.05) is 11.6 Å². The molecule has 0 aliphatic heterocycles. The van der Waals surface area contributed by atoms with E-state index in [2.05, 4.69) is 20.2 Å². The molecule has 0 radical (unpaired) electrons. The van der Waals surface area contributed by atoms with E-state index < -0.39 is 42.7 Å². The number of hydrogen-bond donors (Lipinski definition) is 1. The highest BCUT2D eigenvalue weighted by Crippen LogP contribution is 2.28. The van der Waals surface area contributed by atoms with Gasteiger partial charge >= 0.3 is 12.1 Å². The Kier molecular flexibility index (Phi) is 6.44. The molecular formula is C21H15F5N6O3. The van der Waals surface area contributed by atoms with Crippen molar-refractivity contribution in [2.75, 3.05) is 18.0 Å². The molecule has 0 bridgehead atoms. The van der Waals surface area contributed by atoms with E-state index in [1.807, 2.05) is 0 Å². The second-order valence-corrected chi connectivity index (χ2v) is 7.28. The van der Waals surface area contributed by atoms with Gasteiger partial charge in [-0.1, -0.05) is 23.4 Å². The Morgan fingerprint density at radius 3 is 2.54 bits per heavy atom. The summed E-state index contributed by atoms with van der Waals surface area (Å²) in [5.74, 6) is -4.50. The molecule has 4 aromatic rings. The first-order valence-electron chi connectivity index (χ1n) is 9.89. The van der Waals surface area contributed by atoms with E-state index in [9.17, 15) is 26.7 Å². The van der Waals surface area contributed by atoms with E-state index in [0.29, 0.717) is 17.6 Å². The molecule has 14 heteroatoms. The third-order valence-corrected chi connectivity index (χ3v) is 4.71. The normalized spacial score (nSPS) is 11.6. The highest BCUT2D eigenvalue weighted by molar-refractivity contribution is 5.73. The van der Waals surface area contributed by atoms with Gasteiger partial charge in [-0.15, -0.1) is 0 Å². The monoisotopic (exact) mass is 494 g/mol. The predicted octanol–water partition coefficient (Wildman–Crippen LogP) is 3.77.